The molecule has 0 radical (unpaired) electrons. The Morgan fingerprint density at radius 3 is 1.94 bits per heavy atom. The monoisotopic (exact) mass is 584 g/mol. The van der Waals surface area contributed by atoms with Crippen molar-refractivity contribution < 1.29 is 254 Å². The molecule has 0 bridgehead atoms. The van der Waals surface area contributed by atoms with Crippen LogP contribution in [-0.2, 0) is 23.5 Å². The Bertz CT molecular complexity index is 818. The fourth-order valence-electron chi connectivity index (χ4n) is 2.16. The van der Waals surface area contributed by atoms with Crippen LogP contribution < -0.4 is 231 Å². The average molecular weight is 585 g/mol. The summed E-state index contributed by atoms with van der Waals surface area (Å²) in [6, 6.07) is 3.76. The number of aliphatic carboxylic acids is 3. The van der Waals surface area contributed by atoms with Crippen molar-refractivity contribution in [2.45, 2.75) is 24.9 Å². The molecule has 1 N–H and O–H groups in total. The Morgan fingerprint density at radius 1 is 1.00 bits per heavy atom. The van der Waals surface area contributed by atoms with Crippen molar-refractivity contribution in [3.05, 3.63) is 35.9 Å². The van der Waals surface area contributed by atoms with Gasteiger partial charge < -0.3 is 44.0 Å². The zero-order chi connectivity index (χ0) is 22.2. The van der Waals surface area contributed by atoms with Crippen LogP contribution in [0.2, 0.25) is 0 Å². The molecule has 12 nitrogen and oxygen atoms in total. The van der Waals surface area contributed by atoms with Gasteiger partial charge >= 0.3 is 206 Å². The van der Waals surface area contributed by atoms with Gasteiger partial charge in [0.1, 0.15) is 0 Å². The number of hydrogen-bond donors (Lipinski definition) is 1. The van der Waals surface area contributed by atoms with Crippen molar-refractivity contribution in [1.29, 1.82) is 0 Å². The first kappa shape index (κ1) is 43.8. The van der Waals surface area contributed by atoms with Crippen molar-refractivity contribution in [3.8, 4) is 0 Å². The number of amides is 1. The van der Waals surface area contributed by atoms with E-state index in [2.05, 4.69) is 4.52 Å². The molecule has 0 heterocycles. The first-order valence-electron chi connectivity index (χ1n) is 8.11. The first-order chi connectivity index (χ1) is 13.4. The molecule has 3 atom stereocenters. The third kappa shape index (κ3) is 17.9. The van der Waals surface area contributed by atoms with Gasteiger partial charge in [-0.05, 0) is 25.0 Å². The van der Waals surface area contributed by atoms with Crippen LogP contribution in [0.3, 0.4) is 0 Å². The maximum atomic E-state index is 12.3. The van der Waals surface area contributed by atoms with Crippen LogP contribution in [0.5, 0.6) is 0 Å². The van der Waals surface area contributed by atoms with Gasteiger partial charge in [0.25, 0.3) is 5.91 Å². The van der Waals surface area contributed by atoms with E-state index < -0.39 is 63.1 Å². The summed E-state index contributed by atoms with van der Waals surface area (Å²) in [6.07, 6.45) is -1.46. The molecular formula is C16H17K4N2O10P. The van der Waals surface area contributed by atoms with E-state index in [1.807, 2.05) is 0 Å². The summed E-state index contributed by atoms with van der Waals surface area (Å²) in [6.45, 7) is -1.08. The number of benzene rings is 1. The van der Waals surface area contributed by atoms with Crippen LogP contribution >= 0.6 is 7.75 Å². The van der Waals surface area contributed by atoms with E-state index in [0.717, 1.165) is 7.05 Å². The minimum absolute atomic E-state index is 0. The molecule has 0 spiro atoms. The van der Waals surface area contributed by atoms with Gasteiger partial charge in [-0.1, -0.05) is 18.2 Å². The number of carboxylic acids is 3. The molecule has 0 aliphatic heterocycles. The van der Waals surface area contributed by atoms with E-state index in [-0.39, 0.29) is 211 Å². The summed E-state index contributed by atoms with van der Waals surface area (Å²) in [5, 5.41) is 34.2. The number of carboxylic acid groups (broad SMARTS) is 3. The molecule has 0 aliphatic carbocycles. The second kappa shape index (κ2) is 22.6. The molecule has 160 valence electrons. The number of hydrogen-bond acceptors (Lipinski definition) is 10. The van der Waals surface area contributed by atoms with Crippen molar-refractivity contribution in [3.63, 3.8) is 0 Å². The maximum absolute atomic E-state index is 12.3. The normalized spacial score (nSPS) is 13.2. The Labute approximate surface area is 361 Å². The number of rotatable bonds is 12. The number of nitrogens with one attached hydrogen (secondary N) is 1. The quantitative estimate of drug-likeness (QED) is 0.180. The second-order valence-corrected chi connectivity index (χ2v) is 7.33. The van der Waals surface area contributed by atoms with Crippen LogP contribution in [0.1, 0.15) is 23.2 Å². The van der Waals surface area contributed by atoms with Crippen LogP contribution in [-0.4, -0.2) is 54.5 Å². The van der Waals surface area contributed by atoms with Crippen molar-refractivity contribution in [2.24, 2.45) is 0 Å². The molecule has 0 aromatic heterocycles. The van der Waals surface area contributed by atoms with E-state index in [9.17, 15) is 44.0 Å². The minimum atomic E-state index is -5.16. The van der Waals surface area contributed by atoms with Crippen LogP contribution in [0, 0.1) is 0 Å². The molecule has 1 aromatic rings. The van der Waals surface area contributed by atoms with E-state index in [1.165, 1.54) is 24.3 Å². The molecule has 0 aliphatic rings. The number of carbonyl (C=O) groups is 4. The van der Waals surface area contributed by atoms with Gasteiger partial charge in [-0.15, -0.1) is 0 Å². The second-order valence-electron chi connectivity index (χ2n) is 5.82. The fourth-order valence-corrected chi connectivity index (χ4v) is 3.19. The van der Waals surface area contributed by atoms with Crippen LogP contribution in [0.4, 0.5) is 0 Å². The third-order valence-electron chi connectivity index (χ3n) is 3.72. The molecule has 0 fully saturated rings. The summed E-state index contributed by atoms with van der Waals surface area (Å²) >= 11 is 0. The molecule has 33 heavy (non-hydrogen) atoms. The number of nitrogens with zero attached hydrogens (tertiary/aromatic N) is 1. The van der Waals surface area contributed by atoms with Crippen LogP contribution in [0.25, 0.3) is 0 Å². The smallest absolute Gasteiger partial charge is 0.766 e. The molecule has 1 amide bonds. The molecule has 1 rings (SSSR count). The predicted octanol–water partition coefficient (Wildman–Crippen LogP) is -16.4. The van der Waals surface area contributed by atoms with Crippen molar-refractivity contribution in [2.75, 3.05) is 13.7 Å². The summed E-state index contributed by atoms with van der Waals surface area (Å²) in [5.41, 5.74) is 0.129. The zero-order valence-corrected chi connectivity index (χ0v) is 32.5. The van der Waals surface area contributed by atoms with Gasteiger partial charge in [0.05, 0.1) is 30.6 Å². The van der Waals surface area contributed by atoms with E-state index >= 15 is 0 Å². The van der Waals surface area contributed by atoms with Gasteiger partial charge in [0.2, 0.25) is 7.75 Å². The van der Waals surface area contributed by atoms with Gasteiger partial charge in [-0.3, -0.25) is 9.36 Å². The molecule has 0 saturated heterocycles. The van der Waals surface area contributed by atoms with Crippen molar-refractivity contribution >= 4 is 31.6 Å². The zero-order valence-electron chi connectivity index (χ0n) is 19.1. The van der Waals surface area contributed by atoms with Crippen LogP contribution in [0.15, 0.2) is 30.3 Å². The Morgan fingerprint density at radius 2 is 1.52 bits per heavy atom. The summed E-state index contributed by atoms with van der Waals surface area (Å²) in [5.74, 6) is -6.10. The van der Waals surface area contributed by atoms with Gasteiger partial charge in [0.15, 0.2) is 0 Å². The van der Waals surface area contributed by atoms with E-state index in [0.29, 0.717) is 4.90 Å². The third-order valence-corrected chi connectivity index (χ3v) is 4.84. The number of likely N-dealkylation sites (N-methyl/N-ethyl adjacent to an activating group) is 1. The molecule has 0 saturated carbocycles. The van der Waals surface area contributed by atoms with Gasteiger partial charge in [-0.25, -0.2) is 5.09 Å². The first-order valence-corrected chi connectivity index (χ1v) is 9.66. The van der Waals surface area contributed by atoms with E-state index in [1.54, 1.807) is 11.2 Å². The Kier molecular flexibility index (Phi) is 29.9. The standard InChI is InChI=1S/C16H21N2O10P.4K/c1-18(14(21)10-5-3-2-4-6-10)12(16(24)25)9-28-29(26,27)17-11(15(22)23)7-8-13(19)20;;;;/h2-6,11-12H,7-9H2,1H3,(H,19,20)(H,22,23)(H,24,25)(H2,17,26,27);;;;/q;4*+1/p-4/t11-,12-;;;;/m0..../s1. The maximum Gasteiger partial charge on any atom is 1.00 e. The summed E-state index contributed by atoms with van der Waals surface area (Å²) in [7, 11) is -4.07. The van der Waals surface area contributed by atoms with Crippen molar-refractivity contribution in [1.82, 2.24) is 9.99 Å². The molecular weight excluding hydrogens is 568 g/mol. The minimum Gasteiger partial charge on any atom is -0.766 e. The largest absolute Gasteiger partial charge is 1.00 e. The Balaban J connectivity index is -0.00000105. The topological polar surface area (TPSA) is 202 Å². The predicted molar refractivity (Wildman–Crippen MR) is 87.1 cm³/mol. The van der Waals surface area contributed by atoms with Gasteiger partial charge in [0, 0.05) is 18.6 Å². The van der Waals surface area contributed by atoms with E-state index in [4.69, 9.17) is 0 Å². The molecule has 1 aromatic carbocycles. The molecule has 17 heteroatoms. The van der Waals surface area contributed by atoms with Gasteiger partial charge in [-0.2, -0.15) is 0 Å². The Hall–Kier alpha value is 3.76. The molecule has 1 unspecified atom stereocenters. The fraction of sp³-hybridized carbons (Fsp3) is 0.375. The summed E-state index contributed by atoms with van der Waals surface area (Å²) in [4.78, 5) is 57.6. The SMILES string of the molecule is CN(C(=O)c1ccccc1)[C@@H](COP(=O)([O-])N[C@@H](CCC(=O)[O-])C(=O)[O-])C(=O)[O-].[K+].[K+].[K+].[K+]. The summed E-state index contributed by atoms with van der Waals surface area (Å²) < 4.78 is 16.4. The average Bonchev–Trinajstić information content (AvgIpc) is 2.64. The number of carbonyl (C=O) groups excluding carboxylic acids is 4.